The Morgan fingerprint density at radius 3 is 2.45 bits per heavy atom. The zero-order chi connectivity index (χ0) is 8.53. The molecule has 1 radical (unpaired) electrons. The molecule has 0 aromatic rings. The first kappa shape index (κ1) is 10.9. The van der Waals surface area contributed by atoms with Gasteiger partial charge in [0.2, 0.25) is 0 Å². The highest BCUT2D eigenvalue weighted by Gasteiger charge is 1.98. The van der Waals surface area contributed by atoms with Crippen LogP contribution in [0.15, 0.2) is 0 Å². The summed E-state index contributed by atoms with van der Waals surface area (Å²) in [6, 6.07) is 0. The molecule has 0 spiro atoms. The Balaban J connectivity index is 3.20. The van der Waals surface area contributed by atoms with E-state index in [1.54, 1.807) is 0 Å². The van der Waals surface area contributed by atoms with Crippen LogP contribution in [0, 0.1) is 6.92 Å². The molecule has 1 N–H and O–H groups in total. The predicted molar refractivity (Wildman–Crippen MR) is 48.4 cm³/mol. The molecule has 0 bridgehead atoms. The van der Waals surface area contributed by atoms with Crippen LogP contribution in [0.1, 0.15) is 26.2 Å². The normalized spacial score (nSPS) is 10.9. The zero-order valence-corrected chi connectivity index (χ0v) is 7.55. The van der Waals surface area contributed by atoms with Gasteiger partial charge in [0.05, 0.1) is 0 Å². The molecule has 0 aromatic carbocycles. The van der Waals surface area contributed by atoms with E-state index in [-0.39, 0.29) is 0 Å². The molecule has 0 saturated heterocycles. The third-order valence-electron chi connectivity index (χ3n) is 1.74. The molecular weight excluding hydrogens is 138 g/mol. The summed E-state index contributed by atoms with van der Waals surface area (Å²) in [6.07, 6.45) is 3.20. The number of nitrogens with zero attached hydrogens (tertiary/aromatic N) is 1. The quantitative estimate of drug-likeness (QED) is 0.565. The van der Waals surface area contributed by atoms with Crippen LogP contribution in [-0.2, 0) is 0 Å². The molecule has 0 heterocycles. The second-order valence-corrected chi connectivity index (χ2v) is 2.77. The molecule has 0 atom stereocenters. The highest BCUT2D eigenvalue weighted by molar-refractivity contribution is 4.57. The fourth-order valence-corrected chi connectivity index (χ4v) is 1.10. The molecule has 0 aliphatic heterocycles. The molecule has 0 aromatic heterocycles. The number of unbranched alkanes of at least 4 members (excludes halogenated alkanes) is 1. The molecule has 2 heteroatoms. The van der Waals surface area contributed by atoms with E-state index in [9.17, 15) is 0 Å². The molecule has 0 aliphatic rings. The van der Waals surface area contributed by atoms with E-state index in [1.165, 1.54) is 6.42 Å². The lowest BCUT2D eigenvalue weighted by Gasteiger charge is -2.18. The average molecular weight is 158 g/mol. The van der Waals surface area contributed by atoms with Gasteiger partial charge >= 0.3 is 0 Å². The minimum Gasteiger partial charge on any atom is -0.396 e. The van der Waals surface area contributed by atoms with Crippen molar-refractivity contribution in [3.63, 3.8) is 0 Å². The van der Waals surface area contributed by atoms with Crippen molar-refractivity contribution in [2.24, 2.45) is 0 Å². The third-order valence-corrected chi connectivity index (χ3v) is 1.74. The topological polar surface area (TPSA) is 23.5 Å². The van der Waals surface area contributed by atoms with Gasteiger partial charge in [-0.15, -0.1) is 0 Å². The summed E-state index contributed by atoms with van der Waals surface area (Å²) in [5, 5.41) is 8.55. The molecule has 0 aliphatic carbocycles. The fourth-order valence-electron chi connectivity index (χ4n) is 1.10. The van der Waals surface area contributed by atoms with Gasteiger partial charge in [-0.05, 0) is 45.8 Å². The number of aliphatic hydroxyl groups excluding tert-OH is 1. The van der Waals surface area contributed by atoms with Crippen molar-refractivity contribution in [2.75, 3.05) is 26.2 Å². The molecule has 0 saturated carbocycles. The number of rotatable bonds is 7. The fraction of sp³-hybridized carbons (Fsp3) is 0.889. The van der Waals surface area contributed by atoms with E-state index in [1.807, 2.05) is 0 Å². The average Bonchev–Trinajstić information content (AvgIpc) is 2.03. The van der Waals surface area contributed by atoms with Crippen molar-refractivity contribution >= 4 is 0 Å². The van der Waals surface area contributed by atoms with Crippen LogP contribution in [0.4, 0.5) is 0 Å². The Morgan fingerprint density at radius 2 is 2.00 bits per heavy atom. The first-order valence-corrected chi connectivity index (χ1v) is 4.47. The Kier molecular flexibility index (Phi) is 7.96. The van der Waals surface area contributed by atoms with Gasteiger partial charge in [0.1, 0.15) is 0 Å². The molecule has 0 fully saturated rings. The summed E-state index contributed by atoms with van der Waals surface area (Å²) in [6.45, 7) is 9.44. The van der Waals surface area contributed by atoms with E-state index in [0.29, 0.717) is 6.61 Å². The van der Waals surface area contributed by atoms with Crippen LogP contribution in [0.3, 0.4) is 0 Å². The molecule has 0 amide bonds. The number of aliphatic hydroxyl groups is 1. The summed E-state index contributed by atoms with van der Waals surface area (Å²) < 4.78 is 0. The Hall–Kier alpha value is -0.0800. The summed E-state index contributed by atoms with van der Waals surface area (Å²) in [5.41, 5.74) is 0. The van der Waals surface area contributed by atoms with Crippen molar-refractivity contribution in [1.29, 1.82) is 0 Å². The van der Waals surface area contributed by atoms with E-state index >= 15 is 0 Å². The smallest absolute Gasteiger partial charge is 0.0431 e. The predicted octanol–water partition coefficient (Wildman–Crippen LogP) is 1.30. The summed E-state index contributed by atoms with van der Waals surface area (Å²) >= 11 is 0. The van der Waals surface area contributed by atoms with Gasteiger partial charge in [-0.3, -0.25) is 0 Å². The maximum atomic E-state index is 8.55. The lowest BCUT2D eigenvalue weighted by Crippen LogP contribution is -2.25. The van der Waals surface area contributed by atoms with Crippen LogP contribution >= 0.6 is 0 Å². The first-order valence-electron chi connectivity index (χ1n) is 4.47. The van der Waals surface area contributed by atoms with Crippen LogP contribution < -0.4 is 0 Å². The van der Waals surface area contributed by atoms with E-state index in [2.05, 4.69) is 18.7 Å². The van der Waals surface area contributed by atoms with Crippen LogP contribution in [0.2, 0.25) is 0 Å². The minimum absolute atomic E-state index is 0.317. The van der Waals surface area contributed by atoms with Gasteiger partial charge in [-0.2, -0.15) is 0 Å². The second-order valence-electron chi connectivity index (χ2n) is 2.77. The summed E-state index contributed by atoms with van der Waals surface area (Å²) in [5.74, 6) is 0. The molecule has 2 nitrogen and oxygen atoms in total. The van der Waals surface area contributed by atoms with E-state index in [0.717, 1.165) is 32.5 Å². The van der Waals surface area contributed by atoms with Gasteiger partial charge in [-0.25, -0.2) is 0 Å². The van der Waals surface area contributed by atoms with E-state index < -0.39 is 0 Å². The third kappa shape index (κ3) is 6.32. The Labute approximate surface area is 70.2 Å². The van der Waals surface area contributed by atoms with Crippen LogP contribution in [0.5, 0.6) is 0 Å². The number of hydrogen-bond donors (Lipinski definition) is 1. The largest absolute Gasteiger partial charge is 0.396 e. The standard InChI is InChI=1S/C9H20NO/c1-3-7-10(4-2)8-5-6-9-11/h11H,2-9H2,1H3. The van der Waals surface area contributed by atoms with E-state index in [4.69, 9.17) is 5.11 Å². The van der Waals surface area contributed by atoms with Gasteiger partial charge in [0.25, 0.3) is 0 Å². The Morgan fingerprint density at radius 1 is 1.27 bits per heavy atom. The van der Waals surface area contributed by atoms with Gasteiger partial charge in [0, 0.05) is 6.61 Å². The highest BCUT2D eigenvalue weighted by atomic mass is 16.2. The van der Waals surface area contributed by atoms with Gasteiger partial charge < -0.3 is 10.0 Å². The van der Waals surface area contributed by atoms with Crippen molar-refractivity contribution in [3.05, 3.63) is 6.92 Å². The molecule has 0 unspecified atom stereocenters. The van der Waals surface area contributed by atoms with Crippen LogP contribution in [-0.4, -0.2) is 36.2 Å². The van der Waals surface area contributed by atoms with Gasteiger partial charge in [-0.1, -0.05) is 6.92 Å². The van der Waals surface area contributed by atoms with Crippen molar-refractivity contribution in [3.8, 4) is 0 Å². The van der Waals surface area contributed by atoms with Crippen molar-refractivity contribution < 1.29 is 5.11 Å². The highest BCUT2D eigenvalue weighted by Crippen LogP contribution is 1.95. The van der Waals surface area contributed by atoms with Crippen LogP contribution in [0.25, 0.3) is 0 Å². The minimum atomic E-state index is 0.317. The second kappa shape index (κ2) is 8.02. The zero-order valence-electron chi connectivity index (χ0n) is 7.55. The van der Waals surface area contributed by atoms with Gasteiger partial charge in [0.15, 0.2) is 0 Å². The summed E-state index contributed by atoms with van der Waals surface area (Å²) in [4.78, 5) is 2.32. The lowest BCUT2D eigenvalue weighted by molar-refractivity contribution is 0.253. The summed E-state index contributed by atoms with van der Waals surface area (Å²) in [7, 11) is 0. The monoisotopic (exact) mass is 158 g/mol. The number of hydrogen-bond acceptors (Lipinski definition) is 2. The van der Waals surface area contributed by atoms with Crippen molar-refractivity contribution in [1.82, 2.24) is 4.90 Å². The lowest BCUT2D eigenvalue weighted by atomic mass is 10.3. The molecule has 0 rings (SSSR count). The molecular formula is C9H20NO. The molecule has 67 valence electrons. The molecule has 11 heavy (non-hydrogen) atoms. The SMILES string of the molecule is [CH2]CN(CCC)CCCCO. The van der Waals surface area contributed by atoms with Crippen molar-refractivity contribution in [2.45, 2.75) is 26.2 Å². The Bertz CT molecular complexity index is 76.0. The maximum Gasteiger partial charge on any atom is 0.0431 e. The first-order chi connectivity index (χ1) is 5.35. The maximum absolute atomic E-state index is 8.55.